The molecule has 1 atom stereocenters. The van der Waals surface area contributed by atoms with Gasteiger partial charge in [0.15, 0.2) is 0 Å². The summed E-state index contributed by atoms with van der Waals surface area (Å²) < 4.78 is 5.87. The van der Waals surface area contributed by atoms with Gasteiger partial charge in [-0.25, -0.2) is 4.98 Å². The average molecular weight is 879 g/mol. The van der Waals surface area contributed by atoms with Gasteiger partial charge in [-0.3, -0.25) is 9.69 Å². The summed E-state index contributed by atoms with van der Waals surface area (Å²) in [6, 6.07) is 6.29. The van der Waals surface area contributed by atoms with Crippen LogP contribution in [0.3, 0.4) is 0 Å². The summed E-state index contributed by atoms with van der Waals surface area (Å²) in [6.07, 6.45) is 29.2. The number of hydrogen-bond acceptors (Lipinski definition) is 8. The minimum atomic E-state index is -0.108. The van der Waals surface area contributed by atoms with Crippen molar-refractivity contribution in [3.8, 4) is 5.75 Å². The number of rotatable bonds is 28. The molecule has 3 rings (SSSR count). The molecule has 1 aromatic carbocycles. The molecule has 0 radical (unpaired) electrons. The van der Waals surface area contributed by atoms with E-state index < -0.39 is 0 Å². The molecule has 0 saturated carbocycles. The molecule has 1 amide bonds. The number of hydrogen-bond donors (Lipinski definition) is 3. The molecule has 1 fully saturated rings. The van der Waals surface area contributed by atoms with Crippen molar-refractivity contribution in [2.45, 2.75) is 171 Å². The number of benzene rings is 1. The fourth-order valence-corrected chi connectivity index (χ4v) is 8.20. The lowest BCUT2D eigenvalue weighted by Crippen LogP contribution is -2.48. The van der Waals surface area contributed by atoms with E-state index in [1.807, 2.05) is 11.8 Å². The van der Waals surface area contributed by atoms with E-state index in [1.54, 1.807) is 7.11 Å². The summed E-state index contributed by atoms with van der Waals surface area (Å²) in [4.78, 5) is 26.6. The first kappa shape index (κ1) is 53.9. The Morgan fingerprint density at radius 2 is 1.30 bits per heavy atom. The van der Waals surface area contributed by atoms with Crippen LogP contribution in [0.25, 0.3) is 0 Å². The first-order valence-electron chi connectivity index (χ1n) is 24.3. The zero-order chi connectivity index (χ0) is 46.9. The number of nitrogens with one attached hydrogen (secondary N) is 1. The molecule has 1 aliphatic rings. The second-order valence-electron chi connectivity index (χ2n) is 18.6. The number of aliphatic hydroxyl groups is 1. The molecule has 354 valence electrons. The topological polar surface area (TPSA) is 117 Å². The van der Waals surface area contributed by atoms with Crippen molar-refractivity contribution in [3.05, 3.63) is 110 Å². The van der Waals surface area contributed by atoms with E-state index in [9.17, 15) is 9.90 Å². The number of carbonyl (C=O) groups excluding carboxylic acids is 1. The van der Waals surface area contributed by atoms with E-state index in [2.05, 4.69) is 130 Å². The summed E-state index contributed by atoms with van der Waals surface area (Å²) in [6.45, 7) is 23.6. The monoisotopic (exact) mass is 879 g/mol. The van der Waals surface area contributed by atoms with Crippen LogP contribution < -0.4 is 15.8 Å². The third-order valence-corrected chi connectivity index (χ3v) is 12.4. The number of aliphatic hydroxyl groups excluding tert-OH is 1. The Bertz CT molecular complexity index is 1930. The van der Waals surface area contributed by atoms with E-state index in [1.165, 1.54) is 45.4 Å². The zero-order valence-electron chi connectivity index (χ0n) is 41.8. The van der Waals surface area contributed by atoms with Crippen LogP contribution >= 0.6 is 0 Å². The number of unbranched alkanes of at least 4 members (excludes halogenated alkanes) is 1. The highest BCUT2D eigenvalue weighted by Crippen LogP contribution is 2.29. The summed E-state index contributed by atoms with van der Waals surface area (Å²) >= 11 is 0. The number of methoxy groups -OCH3 is 1. The second kappa shape index (κ2) is 29.9. The average Bonchev–Trinajstić information content (AvgIpc) is 3.25. The maximum atomic E-state index is 13.2. The minimum Gasteiger partial charge on any atom is -0.496 e. The number of allylic oxidation sites excluding steroid dienone is 12. The SMILES string of the molecule is CCC[C@@H](CO)Nc1nc(N)nc(C)c1Cc1ccc(CN2CCN(C(=O)CCC(C)=CCCC(C)=CCCC(C)=CCCC=C(C)CC/C=C(\C)CCC=C(C)C)CC2)cc1OC. The Morgan fingerprint density at radius 3 is 1.81 bits per heavy atom. The van der Waals surface area contributed by atoms with Crippen LogP contribution in [-0.4, -0.2) is 76.7 Å². The first-order valence-corrected chi connectivity index (χ1v) is 24.3. The van der Waals surface area contributed by atoms with Crippen LogP contribution in [0, 0.1) is 6.92 Å². The molecular formula is C55H86N6O3. The fraction of sp³-hybridized carbons (Fsp3) is 0.582. The number of carbonyl (C=O) groups is 1. The maximum absolute atomic E-state index is 13.2. The number of anilines is 2. The van der Waals surface area contributed by atoms with Crippen molar-refractivity contribution in [2.24, 2.45) is 0 Å². The number of nitrogen functional groups attached to an aromatic ring is 1. The lowest BCUT2D eigenvalue weighted by atomic mass is 10.0. The summed E-state index contributed by atoms with van der Waals surface area (Å²) in [5.74, 6) is 1.94. The second-order valence-corrected chi connectivity index (χ2v) is 18.6. The van der Waals surface area contributed by atoms with Crippen LogP contribution in [0.1, 0.15) is 168 Å². The predicted molar refractivity (Wildman–Crippen MR) is 272 cm³/mol. The van der Waals surface area contributed by atoms with E-state index in [0.29, 0.717) is 18.7 Å². The van der Waals surface area contributed by atoms with Gasteiger partial charge >= 0.3 is 0 Å². The molecule has 64 heavy (non-hydrogen) atoms. The molecule has 1 aliphatic heterocycles. The van der Waals surface area contributed by atoms with Crippen LogP contribution in [0.4, 0.5) is 11.8 Å². The Morgan fingerprint density at radius 1 is 0.766 bits per heavy atom. The Balaban J connectivity index is 1.35. The van der Waals surface area contributed by atoms with Gasteiger partial charge in [-0.15, -0.1) is 0 Å². The van der Waals surface area contributed by atoms with Gasteiger partial charge in [0, 0.05) is 56.8 Å². The van der Waals surface area contributed by atoms with Gasteiger partial charge in [-0.1, -0.05) is 95.4 Å². The van der Waals surface area contributed by atoms with Gasteiger partial charge in [-0.05, 0) is 150 Å². The van der Waals surface area contributed by atoms with Crippen LogP contribution in [0.5, 0.6) is 5.75 Å². The first-order chi connectivity index (χ1) is 30.7. The van der Waals surface area contributed by atoms with Crippen molar-refractivity contribution in [2.75, 3.05) is 50.9 Å². The molecule has 0 unspecified atom stereocenters. The lowest BCUT2D eigenvalue weighted by Gasteiger charge is -2.35. The highest BCUT2D eigenvalue weighted by molar-refractivity contribution is 5.76. The molecule has 9 heteroatoms. The maximum Gasteiger partial charge on any atom is 0.222 e. The highest BCUT2D eigenvalue weighted by atomic mass is 16.5. The number of aromatic nitrogens is 2. The van der Waals surface area contributed by atoms with Crippen molar-refractivity contribution in [1.29, 1.82) is 0 Å². The fourth-order valence-electron chi connectivity index (χ4n) is 8.20. The number of nitrogens with zero attached hydrogens (tertiary/aromatic N) is 4. The van der Waals surface area contributed by atoms with E-state index >= 15 is 0 Å². The van der Waals surface area contributed by atoms with Crippen molar-refractivity contribution >= 4 is 17.7 Å². The van der Waals surface area contributed by atoms with Crippen LogP contribution in [0.2, 0.25) is 0 Å². The van der Waals surface area contributed by atoms with Gasteiger partial charge in [0.1, 0.15) is 11.6 Å². The molecule has 9 nitrogen and oxygen atoms in total. The molecule has 1 saturated heterocycles. The largest absolute Gasteiger partial charge is 0.496 e. The quantitative estimate of drug-likeness (QED) is 0.0572. The standard InChI is InChI=1S/C55H86N6O3/c1-11-18-50(40-62)58-54-51(47(9)57-55(56)59-54)38-49-31-30-48(37-52(49)64-10)39-60-33-35-61(36-34-60)53(63)32-29-46(8)28-17-27-45(7)26-16-24-43(5)21-13-12-20-42(4)23-15-25-44(6)22-14-19-41(2)3/h19-21,25-26,28,30-31,37,50,62H,11-18,22-24,27,29,32-36,38-40H2,1-10H3,(H3,56,57,58,59)/b42-20?,43-21?,44-25+,45-26?,46-28?/t50-/m0/s1. The molecule has 2 heterocycles. The van der Waals surface area contributed by atoms with Crippen molar-refractivity contribution in [1.82, 2.24) is 19.8 Å². The molecule has 2 aromatic rings. The van der Waals surface area contributed by atoms with E-state index in [-0.39, 0.29) is 24.5 Å². The number of amides is 1. The smallest absolute Gasteiger partial charge is 0.222 e. The minimum absolute atomic E-state index is 0.0149. The number of aryl methyl sites for hydroxylation is 1. The lowest BCUT2D eigenvalue weighted by molar-refractivity contribution is -0.133. The number of ether oxygens (including phenoxy) is 1. The van der Waals surface area contributed by atoms with Gasteiger partial charge in [0.05, 0.1) is 19.8 Å². The summed E-state index contributed by atoms with van der Waals surface area (Å²) in [7, 11) is 1.70. The van der Waals surface area contributed by atoms with E-state index in [4.69, 9.17) is 10.5 Å². The third kappa shape index (κ3) is 21.0. The summed E-state index contributed by atoms with van der Waals surface area (Å²) in [5, 5.41) is 13.3. The number of nitrogens with two attached hydrogens (primary N) is 1. The van der Waals surface area contributed by atoms with Gasteiger partial charge < -0.3 is 25.8 Å². The molecule has 1 aromatic heterocycles. The molecular weight excluding hydrogens is 793 g/mol. The highest BCUT2D eigenvalue weighted by Gasteiger charge is 2.22. The van der Waals surface area contributed by atoms with Crippen molar-refractivity contribution in [3.63, 3.8) is 0 Å². The normalized spacial score (nSPS) is 15.1. The van der Waals surface area contributed by atoms with Gasteiger partial charge in [0.2, 0.25) is 11.9 Å². The van der Waals surface area contributed by atoms with Crippen LogP contribution in [-0.2, 0) is 17.8 Å². The Kier molecular flexibility index (Phi) is 25.1. The van der Waals surface area contributed by atoms with E-state index in [0.717, 1.165) is 132 Å². The third-order valence-electron chi connectivity index (χ3n) is 12.4. The molecule has 0 bridgehead atoms. The molecule has 0 spiro atoms. The van der Waals surface area contributed by atoms with Gasteiger partial charge in [-0.2, -0.15) is 4.98 Å². The molecule has 4 N–H and O–H groups in total. The molecule has 0 aliphatic carbocycles. The Hall–Kier alpha value is -4.47. The zero-order valence-corrected chi connectivity index (χ0v) is 41.8. The van der Waals surface area contributed by atoms with Gasteiger partial charge in [0.25, 0.3) is 0 Å². The predicted octanol–water partition coefficient (Wildman–Crippen LogP) is 12.6. The summed E-state index contributed by atoms with van der Waals surface area (Å²) in [5.41, 5.74) is 18.6. The van der Waals surface area contributed by atoms with Crippen molar-refractivity contribution < 1.29 is 14.6 Å². The van der Waals surface area contributed by atoms with Crippen LogP contribution in [0.15, 0.2) is 88.1 Å². The number of piperazine rings is 1. The Labute approximate surface area is 389 Å².